The molecular formula is C23H28ClN3O. The molecule has 0 bridgehead atoms. The van der Waals surface area contributed by atoms with E-state index in [1.165, 1.54) is 31.2 Å². The number of imidazole rings is 1. The third kappa shape index (κ3) is 5.35. The molecule has 1 N–H and O–H groups in total. The van der Waals surface area contributed by atoms with Crippen molar-refractivity contribution in [2.75, 3.05) is 6.54 Å². The normalized spacial score (nSPS) is 11.1. The van der Waals surface area contributed by atoms with Crippen LogP contribution in [0.5, 0.6) is 0 Å². The second-order valence-corrected chi connectivity index (χ2v) is 7.54. The summed E-state index contributed by atoms with van der Waals surface area (Å²) >= 11 is 5.97. The number of hydrogen-bond acceptors (Lipinski definition) is 2. The third-order valence-electron chi connectivity index (χ3n) is 4.94. The van der Waals surface area contributed by atoms with Crippen molar-refractivity contribution in [1.82, 2.24) is 14.9 Å². The zero-order valence-corrected chi connectivity index (χ0v) is 17.2. The molecule has 28 heavy (non-hydrogen) atoms. The van der Waals surface area contributed by atoms with Crippen LogP contribution in [0.25, 0.3) is 11.0 Å². The fourth-order valence-electron chi connectivity index (χ4n) is 3.46. The molecule has 0 saturated carbocycles. The van der Waals surface area contributed by atoms with Crippen LogP contribution in [0.15, 0.2) is 48.5 Å². The summed E-state index contributed by atoms with van der Waals surface area (Å²) in [5.41, 5.74) is 2.78. The van der Waals surface area contributed by atoms with Gasteiger partial charge in [0.15, 0.2) is 0 Å². The molecule has 0 aliphatic heterocycles. The van der Waals surface area contributed by atoms with Crippen LogP contribution in [0.1, 0.15) is 55.2 Å². The minimum atomic E-state index is -0.107. The van der Waals surface area contributed by atoms with Crippen LogP contribution >= 0.6 is 11.6 Å². The molecular weight excluding hydrogens is 370 g/mol. The van der Waals surface area contributed by atoms with Gasteiger partial charge in [-0.15, -0.1) is 0 Å². The van der Waals surface area contributed by atoms with Crippen molar-refractivity contribution in [1.29, 1.82) is 0 Å². The molecule has 2 aromatic carbocycles. The van der Waals surface area contributed by atoms with Crippen LogP contribution in [0, 0.1) is 0 Å². The lowest BCUT2D eigenvalue weighted by Gasteiger charge is -2.10. The van der Waals surface area contributed by atoms with E-state index in [0.717, 1.165) is 24.3 Å². The summed E-state index contributed by atoms with van der Waals surface area (Å²) in [5, 5.41) is 3.55. The molecule has 4 nitrogen and oxygen atoms in total. The molecule has 1 aromatic heterocycles. The lowest BCUT2D eigenvalue weighted by atomic mass is 10.1. The summed E-state index contributed by atoms with van der Waals surface area (Å²) in [7, 11) is 0. The Morgan fingerprint density at radius 3 is 2.71 bits per heavy atom. The van der Waals surface area contributed by atoms with Gasteiger partial charge in [-0.1, -0.05) is 62.4 Å². The van der Waals surface area contributed by atoms with Gasteiger partial charge >= 0.3 is 0 Å². The maximum atomic E-state index is 12.3. The molecule has 0 unspecified atom stereocenters. The monoisotopic (exact) mass is 397 g/mol. The van der Waals surface area contributed by atoms with Crippen LogP contribution in [0.2, 0.25) is 5.02 Å². The van der Waals surface area contributed by atoms with Crippen molar-refractivity contribution >= 4 is 28.5 Å². The number of hydrogen-bond donors (Lipinski definition) is 1. The van der Waals surface area contributed by atoms with Crippen LogP contribution < -0.4 is 5.32 Å². The van der Waals surface area contributed by atoms with Crippen LogP contribution in [0.4, 0.5) is 0 Å². The highest BCUT2D eigenvalue weighted by molar-refractivity contribution is 6.30. The van der Waals surface area contributed by atoms with E-state index in [9.17, 15) is 4.79 Å². The summed E-state index contributed by atoms with van der Waals surface area (Å²) in [4.78, 5) is 17.1. The minimum Gasteiger partial charge on any atom is -0.352 e. The predicted octanol–water partition coefficient (Wildman–Crippen LogP) is 5.63. The van der Waals surface area contributed by atoms with E-state index < -0.39 is 0 Å². The number of fused-ring (bicyclic) bond motifs is 1. The molecule has 3 rings (SSSR count). The molecule has 0 fully saturated rings. The fraction of sp³-hybridized carbons (Fsp3) is 0.391. The Balaban J connectivity index is 1.63. The summed E-state index contributed by atoms with van der Waals surface area (Å²) in [6.07, 6.45) is 6.94. The SMILES string of the molecule is CCCCCCCn1c(CCNC(=O)c2cccc(Cl)c2)nc2ccccc21. The maximum Gasteiger partial charge on any atom is 0.251 e. The van der Waals surface area contributed by atoms with E-state index >= 15 is 0 Å². The van der Waals surface area contributed by atoms with E-state index in [1.807, 2.05) is 6.07 Å². The second-order valence-electron chi connectivity index (χ2n) is 7.10. The van der Waals surface area contributed by atoms with E-state index in [4.69, 9.17) is 16.6 Å². The quantitative estimate of drug-likeness (QED) is 0.450. The van der Waals surface area contributed by atoms with Gasteiger partial charge in [0.05, 0.1) is 11.0 Å². The van der Waals surface area contributed by atoms with Crippen molar-refractivity contribution < 1.29 is 4.79 Å². The number of unbranched alkanes of at least 4 members (excludes halogenated alkanes) is 4. The molecule has 148 valence electrons. The highest BCUT2D eigenvalue weighted by Gasteiger charge is 2.11. The first-order valence-electron chi connectivity index (χ1n) is 10.2. The molecule has 3 aromatic rings. The Morgan fingerprint density at radius 1 is 1.07 bits per heavy atom. The highest BCUT2D eigenvalue weighted by atomic mass is 35.5. The van der Waals surface area contributed by atoms with Gasteiger partial charge in [-0.25, -0.2) is 4.98 Å². The van der Waals surface area contributed by atoms with E-state index in [2.05, 4.69) is 35.0 Å². The number of para-hydroxylation sites is 2. The number of rotatable bonds is 10. The van der Waals surface area contributed by atoms with Crippen LogP contribution in [-0.2, 0) is 13.0 Å². The zero-order valence-electron chi connectivity index (χ0n) is 16.5. The molecule has 5 heteroatoms. The van der Waals surface area contributed by atoms with E-state index in [0.29, 0.717) is 23.6 Å². The van der Waals surface area contributed by atoms with Crippen molar-refractivity contribution in [2.24, 2.45) is 0 Å². The number of carbonyl (C=O) groups excluding carboxylic acids is 1. The van der Waals surface area contributed by atoms with Crippen molar-refractivity contribution in [3.05, 3.63) is 64.9 Å². The lowest BCUT2D eigenvalue weighted by Crippen LogP contribution is -2.26. The summed E-state index contributed by atoms with van der Waals surface area (Å²) in [6, 6.07) is 15.3. The Kier molecular flexibility index (Phi) is 7.49. The smallest absolute Gasteiger partial charge is 0.251 e. The molecule has 1 heterocycles. The number of aryl methyl sites for hydroxylation is 1. The second kappa shape index (κ2) is 10.3. The third-order valence-corrected chi connectivity index (χ3v) is 5.17. The Bertz CT molecular complexity index is 919. The molecule has 0 spiro atoms. The molecule has 0 radical (unpaired) electrons. The largest absolute Gasteiger partial charge is 0.352 e. The highest BCUT2D eigenvalue weighted by Crippen LogP contribution is 2.18. The molecule has 0 atom stereocenters. The average Bonchev–Trinajstić information content (AvgIpc) is 3.05. The number of amides is 1. The average molecular weight is 398 g/mol. The summed E-state index contributed by atoms with van der Waals surface area (Å²) in [5.74, 6) is 0.924. The Hall–Kier alpha value is -2.33. The molecule has 0 aliphatic rings. The topological polar surface area (TPSA) is 46.9 Å². The van der Waals surface area contributed by atoms with Gasteiger partial charge in [0.1, 0.15) is 5.82 Å². The number of halogens is 1. The lowest BCUT2D eigenvalue weighted by molar-refractivity contribution is 0.0954. The summed E-state index contributed by atoms with van der Waals surface area (Å²) in [6.45, 7) is 3.76. The first-order valence-corrected chi connectivity index (χ1v) is 10.5. The van der Waals surface area contributed by atoms with Crippen molar-refractivity contribution in [3.8, 4) is 0 Å². The maximum absolute atomic E-state index is 12.3. The zero-order chi connectivity index (χ0) is 19.8. The van der Waals surface area contributed by atoms with Gasteiger partial charge in [-0.2, -0.15) is 0 Å². The molecule has 0 aliphatic carbocycles. The number of aromatic nitrogens is 2. The Labute approximate surface area is 171 Å². The number of nitrogens with one attached hydrogen (secondary N) is 1. The van der Waals surface area contributed by atoms with Gasteiger partial charge < -0.3 is 9.88 Å². The minimum absolute atomic E-state index is 0.107. The van der Waals surface area contributed by atoms with Gasteiger partial charge in [-0.3, -0.25) is 4.79 Å². The number of carbonyl (C=O) groups is 1. The van der Waals surface area contributed by atoms with Crippen LogP contribution in [0.3, 0.4) is 0 Å². The summed E-state index contributed by atoms with van der Waals surface area (Å²) < 4.78 is 2.31. The van der Waals surface area contributed by atoms with Crippen molar-refractivity contribution in [3.63, 3.8) is 0 Å². The first-order chi connectivity index (χ1) is 13.7. The number of benzene rings is 2. The van der Waals surface area contributed by atoms with Gasteiger partial charge in [0.2, 0.25) is 0 Å². The first kappa shape index (κ1) is 20.4. The predicted molar refractivity (Wildman–Crippen MR) is 116 cm³/mol. The standard InChI is InChI=1S/C23H28ClN3O/c1-2-3-4-5-8-16-27-21-13-7-6-12-20(21)26-22(27)14-15-25-23(28)18-10-9-11-19(24)17-18/h6-7,9-13,17H,2-5,8,14-16H2,1H3,(H,25,28). The van der Waals surface area contributed by atoms with Crippen molar-refractivity contribution in [2.45, 2.75) is 52.0 Å². The number of nitrogens with zero attached hydrogens (tertiary/aromatic N) is 2. The molecule has 0 saturated heterocycles. The van der Waals surface area contributed by atoms with Crippen LogP contribution in [-0.4, -0.2) is 22.0 Å². The van der Waals surface area contributed by atoms with E-state index in [-0.39, 0.29) is 5.91 Å². The van der Waals surface area contributed by atoms with Gasteiger partial charge in [-0.05, 0) is 36.8 Å². The molecule has 1 amide bonds. The fourth-order valence-corrected chi connectivity index (χ4v) is 3.65. The van der Waals surface area contributed by atoms with E-state index in [1.54, 1.807) is 24.3 Å². The Morgan fingerprint density at radius 2 is 1.89 bits per heavy atom. The van der Waals surface area contributed by atoms with Gasteiger partial charge in [0.25, 0.3) is 5.91 Å². The van der Waals surface area contributed by atoms with Gasteiger partial charge in [0, 0.05) is 30.1 Å².